The Morgan fingerprint density at radius 2 is 1.00 bits per heavy atom. The Kier molecular flexibility index (Phi) is 5.31. The molecule has 0 atom stereocenters. The van der Waals surface area contributed by atoms with Gasteiger partial charge in [-0.05, 0) is 95.9 Å². The highest BCUT2D eigenvalue weighted by Gasteiger charge is 2.16. The SMILES string of the molecule is C1=c2sc3ccc(-n4c5ccccc5c5cc(-c6ccc7c(c6)c6ccccc6n7-c6ccccc6)ccc54)cc3c2=CCC1. The topological polar surface area (TPSA) is 9.86 Å². The Labute approximate surface area is 264 Å². The zero-order valence-electron chi connectivity index (χ0n) is 24.6. The lowest BCUT2D eigenvalue weighted by molar-refractivity contribution is 1.13. The van der Waals surface area contributed by atoms with Crippen LogP contribution in [0.5, 0.6) is 0 Å². The van der Waals surface area contributed by atoms with Gasteiger partial charge in [0.25, 0.3) is 0 Å². The molecule has 0 bridgehead atoms. The number of benzene rings is 6. The second-order valence-corrected chi connectivity index (χ2v) is 13.1. The first-order valence-electron chi connectivity index (χ1n) is 15.7. The highest BCUT2D eigenvalue weighted by molar-refractivity contribution is 7.17. The van der Waals surface area contributed by atoms with Crippen LogP contribution >= 0.6 is 11.3 Å². The number of para-hydroxylation sites is 3. The minimum atomic E-state index is 1.12. The van der Waals surface area contributed by atoms with Crippen molar-refractivity contribution in [3.63, 3.8) is 0 Å². The van der Waals surface area contributed by atoms with Gasteiger partial charge >= 0.3 is 0 Å². The molecule has 0 aliphatic heterocycles. The highest BCUT2D eigenvalue weighted by Crippen LogP contribution is 2.38. The number of rotatable bonds is 3. The normalized spacial score (nSPS) is 13.1. The summed E-state index contributed by atoms with van der Waals surface area (Å²) in [4.78, 5) is 0. The lowest BCUT2D eigenvalue weighted by atomic mass is 10.0. The fourth-order valence-electron chi connectivity index (χ4n) is 7.51. The molecule has 1 aliphatic carbocycles. The van der Waals surface area contributed by atoms with Crippen LogP contribution in [0.15, 0.2) is 133 Å². The van der Waals surface area contributed by atoms with Gasteiger partial charge in [0.2, 0.25) is 0 Å². The van der Waals surface area contributed by atoms with Crippen molar-refractivity contribution in [1.82, 2.24) is 9.13 Å². The van der Waals surface area contributed by atoms with E-state index in [1.165, 1.54) is 86.0 Å². The zero-order valence-corrected chi connectivity index (χ0v) is 25.4. The molecule has 3 heterocycles. The molecule has 9 aromatic rings. The van der Waals surface area contributed by atoms with Crippen LogP contribution in [0.1, 0.15) is 12.8 Å². The van der Waals surface area contributed by atoms with E-state index in [0.717, 1.165) is 12.8 Å². The van der Waals surface area contributed by atoms with Gasteiger partial charge in [-0.3, -0.25) is 0 Å². The van der Waals surface area contributed by atoms with Crippen molar-refractivity contribution in [2.45, 2.75) is 12.8 Å². The van der Waals surface area contributed by atoms with Crippen molar-refractivity contribution in [3.8, 4) is 22.5 Å². The molecule has 0 N–H and O–H groups in total. The van der Waals surface area contributed by atoms with Crippen LogP contribution in [0.2, 0.25) is 0 Å². The molecule has 0 radical (unpaired) electrons. The molecule has 3 aromatic heterocycles. The van der Waals surface area contributed by atoms with Gasteiger partial charge in [-0.25, -0.2) is 0 Å². The number of nitrogens with zero attached hydrogens (tertiary/aromatic N) is 2. The molecule has 45 heavy (non-hydrogen) atoms. The molecule has 2 nitrogen and oxygen atoms in total. The van der Waals surface area contributed by atoms with Crippen LogP contribution in [-0.4, -0.2) is 9.13 Å². The second kappa shape index (κ2) is 9.56. The van der Waals surface area contributed by atoms with E-state index in [1.807, 2.05) is 11.3 Å². The minimum Gasteiger partial charge on any atom is -0.309 e. The summed E-state index contributed by atoms with van der Waals surface area (Å²) < 4.78 is 7.61. The third kappa shape index (κ3) is 3.68. The number of thiophene rings is 1. The van der Waals surface area contributed by atoms with E-state index in [9.17, 15) is 0 Å². The number of hydrogen-bond acceptors (Lipinski definition) is 1. The molecule has 0 unspecified atom stereocenters. The summed E-state index contributed by atoms with van der Waals surface area (Å²) in [6.45, 7) is 0. The molecule has 0 fully saturated rings. The van der Waals surface area contributed by atoms with E-state index in [2.05, 4.69) is 155 Å². The smallest absolute Gasteiger partial charge is 0.0541 e. The summed E-state index contributed by atoms with van der Waals surface area (Å²) in [6, 6.07) is 49.2. The van der Waals surface area contributed by atoms with Gasteiger partial charge in [0.15, 0.2) is 0 Å². The van der Waals surface area contributed by atoms with Gasteiger partial charge < -0.3 is 9.13 Å². The first kappa shape index (κ1) is 25.0. The van der Waals surface area contributed by atoms with E-state index >= 15 is 0 Å². The molecule has 1 aliphatic rings. The third-order valence-corrected chi connectivity index (χ3v) is 10.7. The van der Waals surface area contributed by atoms with E-state index in [0.29, 0.717) is 0 Å². The molecule has 0 saturated carbocycles. The van der Waals surface area contributed by atoms with Gasteiger partial charge in [-0.2, -0.15) is 0 Å². The number of hydrogen-bond donors (Lipinski definition) is 0. The molecule has 3 heteroatoms. The summed E-state index contributed by atoms with van der Waals surface area (Å²) in [5.41, 5.74) is 9.80. The lowest BCUT2D eigenvalue weighted by Gasteiger charge is -2.10. The van der Waals surface area contributed by atoms with Crippen LogP contribution in [0.25, 0.3) is 88.4 Å². The largest absolute Gasteiger partial charge is 0.309 e. The van der Waals surface area contributed by atoms with Crippen molar-refractivity contribution < 1.29 is 0 Å². The minimum absolute atomic E-state index is 1.12. The summed E-state index contributed by atoms with van der Waals surface area (Å²) >= 11 is 1.92. The number of aromatic nitrogens is 2. The maximum Gasteiger partial charge on any atom is 0.0541 e. The van der Waals surface area contributed by atoms with Crippen LogP contribution in [-0.2, 0) is 0 Å². The maximum absolute atomic E-state index is 2.45. The van der Waals surface area contributed by atoms with E-state index in [4.69, 9.17) is 0 Å². The quantitative estimate of drug-likeness (QED) is 0.193. The molecule has 0 saturated heterocycles. The molecule has 212 valence electrons. The first-order valence-corrected chi connectivity index (χ1v) is 16.5. The lowest BCUT2D eigenvalue weighted by Crippen LogP contribution is -2.20. The maximum atomic E-state index is 2.45. The van der Waals surface area contributed by atoms with Gasteiger partial charge in [0.05, 0.1) is 22.1 Å². The number of fused-ring (bicyclic) bond motifs is 9. The molecular formula is C42H28N2S. The average molecular weight is 593 g/mol. The van der Waals surface area contributed by atoms with Gasteiger partial charge in [0.1, 0.15) is 0 Å². The van der Waals surface area contributed by atoms with Crippen LogP contribution in [0.4, 0.5) is 0 Å². The Morgan fingerprint density at radius 1 is 0.422 bits per heavy atom. The second-order valence-electron chi connectivity index (χ2n) is 12.1. The van der Waals surface area contributed by atoms with Gasteiger partial charge in [0, 0.05) is 47.5 Å². The third-order valence-electron chi connectivity index (χ3n) is 9.53. The van der Waals surface area contributed by atoms with Crippen molar-refractivity contribution in [1.29, 1.82) is 0 Å². The Hall–Kier alpha value is -5.38. The van der Waals surface area contributed by atoms with Crippen molar-refractivity contribution in [3.05, 3.63) is 143 Å². The average Bonchev–Trinajstić information content (AvgIpc) is 3.75. The Morgan fingerprint density at radius 3 is 1.69 bits per heavy atom. The molecule has 0 amide bonds. The highest BCUT2D eigenvalue weighted by atomic mass is 32.1. The van der Waals surface area contributed by atoms with Gasteiger partial charge in [-0.15, -0.1) is 11.3 Å². The monoisotopic (exact) mass is 592 g/mol. The summed E-state index contributed by atoms with van der Waals surface area (Å²) in [6.07, 6.45) is 7.09. The predicted octanol–water partition coefficient (Wildman–Crippen LogP) is 10.1. The van der Waals surface area contributed by atoms with E-state index in [-0.39, 0.29) is 0 Å². The van der Waals surface area contributed by atoms with Crippen molar-refractivity contribution in [2.75, 3.05) is 0 Å². The van der Waals surface area contributed by atoms with Crippen molar-refractivity contribution >= 4 is 77.2 Å². The first-order chi connectivity index (χ1) is 22.3. The predicted molar refractivity (Wildman–Crippen MR) is 193 cm³/mol. The van der Waals surface area contributed by atoms with Crippen molar-refractivity contribution in [2.24, 2.45) is 0 Å². The molecule has 6 aromatic carbocycles. The molecular weight excluding hydrogens is 565 g/mol. The molecule has 10 rings (SSSR count). The Bertz CT molecular complexity index is 2760. The summed E-state index contributed by atoms with van der Waals surface area (Å²) in [5, 5.41) is 7.89. The zero-order chi connectivity index (χ0) is 29.5. The summed E-state index contributed by atoms with van der Waals surface area (Å²) in [7, 11) is 0. The van der Waals surface area contributed by atoms with Gasteiger partial charge in [-0.1, -0.05) is 78.9 Å². The van der Waals surface area contributed by atoms with Crippen LogP contribution < -0.4 is 9.75 Å². The fraction of sp³-hybridized carbons (Fsp3) is 0.0476. The summed E-state index contributed by atoms with van der Waals surface area (Å²) in [5.74, 6) is 0. The Balaban J connectivity index is 1.18. The van der Waals surface area contributed by atoms with Crippen LogP contribution in [0.3, 0.4) is 0 Å². The van der Waals surface area contributed by atoms with E-state index in [1.54, 1.807) is 0 Å². The molecule has 0 spiro atoms. The van der Waals surface area contributed by atoms with Crippen LogP contribution in [0, 0.1) is 0 Å². The fourth-order valence-corrected chi connectivity index (χ4v) is 8.66. The van der Waals surface area contributed by atoms with E-state index < -0.39 is 0 Å². The standard InChI is InChI=1S/C42H28N2S/c1-2-10-29(11-3-1)43-37-15-7-4-12-31(37)34-24-27(18-21-39(34)43)28-19-22-40-35(25-28)32-13-5-8-16-38(32)44(40)30-20-23-42-36(26-30)33-14-6-9-17-41(33)45-42/h1-5,7-8,10-26H,6,9H2.